The van der Waals surface area contributed by atoms with E-state index in [1.807, 2.05) is 31.2 Å². The second kappa shape index (κ2) is 7.00. The van der Waals surface area contributed by atoms with Gasteiger partial charge in [-0.3, -0.25) is 9.59 Å². The van der Waals surface area contributed by atoms with Gasteiger partial charge in [0.25, 0.3) is 5.56 Å². The first kappa shape index (κ1) is 18.0. The highest BCUT2D eigenvalue weighted by Gasteiger charge is 2.37. The molecule has 2 aliphatic rings. The fourth-order valence-corrected chi connectivity index (χ4v) is 4.55. The molecule has 140 valence electrons. The summed E-state index contributed by atoms with van der Waals surface area (Å²) in [4.78, 5) is 33.4. The molecule has 1 atom stereocenters. The monoisotopic (exact) mass is 381 g/mol. The molecule has 2 N–H and O–H groups in total. The molecule has 0 bridgehead atoms. The lowest BCUT2D eigenvalue weighted by atomic mass is 9.76. The van der Waals surface area contributed by atoms with Crippen molar-refractivity contribution in [2.45, 2.75) is 56.4 Å². The number of allylic oxidation sites excluding steroid dienone is 2. The zero-order valence-corrected chi connectivity index (χ0v) is 16.6. The minimum Gasteiger partial charge on any atom is -0.343 e. The van der Waals surface area contributed by atoms with Gasteiger partial charge in [-0.25, -0.2) is 4.98 Å². The predicted octanol–water partition coefficient (Wildman–Crippen LogP) is 4.14. The van der Waals surface area contributed by atoms with Crippen LogP contribution in [0.1, 0.15) is 55.7 Å². The Balaban J connectivity index is 1.92. The second-order valence-electron chi connectivity index (χ2n) is 7.44. The van der Waals surface area contributed by atoms with E-state index in [1.165, 1.54) is 11.8 Å². The summed E-state index contributed by atoms with van der Waals surface area (Å²) in [5, 5.41) is 4.23. The van der Waals surface area contributed by atoms with Crippen LogP contribution in [0.5, 0.6) is 0 Å². The average Bonchev–Trinajstić information content (AvgIpc) is 2.60. The third kappa shape index (κ3) is 3.34. The second-order valence-corrected chi connectivity index (χ2v) is 9.00. The van der Waals surface area contributed by atoms with Crippen molar-refractivity contribution in [2.75, 3.05) is 5.32 Å². The number of nitrogens with zero attached hydrogens (tertiary/aromatic N) is 1. The van der Waals surface area contributed by atoms with Crippen molar-refractivity contribution in [1.29, 1.82) is 0 Å². The van der Waals surface area contributed by atoms with E-state index in [1.54, 1.807) is 0 Å². The zero-order chi connectivity index (χ0) is 19.1. The van der Waals surface area contributed by atoms with Gasteiger partial charge in [-0.1, -0.05) is 55.4 Å². The van der Waals surface area contributed by atoms with E-state index in [0.29, 0.717) is 28.2 Å². The van der Waals surface area contributed by atoms with Crippen LogP contribution < -0.4 is 10.9 Å². The first-order chi connectivity index (χ1) is 12.9. The SMILES string of the molecule is Cc1ccc(C2C3=C(CCCC3=O)Nc3nc(SC(C)C)[nH]c(=O)c32)cc1. The number of carbonyl (C=O) groups is 1. The van der Waals surface area contributed by atoms with E-state index in [2.05, 4.69) is 29.1 Å². The molecule has 5 nitrogen and oxygen atoms in total. The van der Waals surface area contributed by atoms with Crippen molar-refractivity contribution >= 4 is 23.4 Å². The maximum absolute atomic E-state index is 13.0. The number of thioether (sulfide) groups is 1. The van der Waals surface area contributed by atoms with E-state index >= 15 is 0 Å². The minimum atomic E-state index is -0.362. The standard InChI is InChI=1S/C21H23N3O2S/c1-11(2)27-21-23-19-18(20(26)24-21)16(13-9-7-12(3)8-10-13)17-14(22-19)5-4-6-15(17)25/h7-11,16H,4-6H2,1-3H3,(H2,22,23,24,26). The summed E-state index contributed by atoms with van der Waals surface area (Å²) in [6.45, 7) is 6.15. The van der Waals surface area contributed by atoms with Crippen LogP contribution in [-0.4, -0.2) is 21.0 Å². The van der Waals surface area contributed by atoms with E-state index in [0.717, 1.165) is 35.2 Å². The van der Waals surface area contributed by atoms with Gasteiger partial charge >= 0.3 is 0 Å². The Bertz CT molecular complexity index is 989. The van der Waals surface area contributed by atoms with Crippen LogP contribution in [-0.2, 0) is 4.79 Å². The molecule has 2 heterocycles. The van der Waals surface area contributed by atoms with Gasteiger partial charge in [0.15, 0.2) is 10.9 Å². The topological polar surface area (TPSA) is 74.8 Å². The Kier molecular flexibility index (Phi) is 4.68. The normalized spacial score (nSPS) is 19.0. The number of ketones is 1. The molecule has 0 saturated heterocycles. The molecule has 4 rings (SSSR count). The summed E-state index contributed by atoms with van der Waals surface area (Å²) in [7, 11) is 0. The van der Waals surface area contributed by atoms with Crippen molar-refractivity contribution in [3.8, 4) is 0 Å². The number of nitrogens with one attached hydrogen (secondary N) is 2. The van der Waals surface area contributed by atoms with Crippen molar-refractivity contribution in [3.05, 3.63) is 62.6 Å². The molecule has 6 heteroatoms. The van der Waals surface area contributed by atoms with Crippen LogP contribution >= 0.6 is 11.8 Å². The lowest BCUT2D eigenvalue weighted by molar-refractivity contribution is -0.116. The van der Waals surface area contributed by atoms with Crippen LogP contribution in [0.15, 0.2) is 45.5 Å². The number of aromatic amines is 1. The molecule has 0 saturated carbocycles. The van der Waals surface area contributed by atoms with E-state index < -0.39 is 0 Å². The van der Waals surface area contributed by atoms with Crippen LogP contribution in [0.4, 0.5) is 5.82 Å². The molecule has 1 aromatic heterocycles. The maximum Gasteiger partial charge on any atom is 0.257 e. The van der Waals surface area contributed by atoms with Gasteiger partial charge in [0.05, 0.1) is 5.56 Å². The number of carbonyl (C=O) groups excluding carboxylic acids is 1. The Labute approximate surface area is 162 Å². The lowest BCUT2D eigenvalue weighted by Gasteiger charge is -2.32. The highest BCUT2D eigenvalue weighted by atomic mass is 32.2. The van der Waals surface area contributed by atoms with Gasteiger partial charge in [-0.2, -0.15) is 0 Å². The summed E-state index contributed by atoms with van der Waals surface area (Å²) in [6, 6.07) is 8.07. The minimum absolute atomic E-state index is 0.125. The summed E-state index contributed by atoms with van der Waals surface area (Å²) in [5.41, 5.74) is 4.12. The summed E-state index contributed by atoms with van der Waals surface area (Å²) < 4.78 is 0. The van der Waals surface area contributed by atoms with Crippen molar-refractivity contribution in [2.24, 2.45) is 0 Å². The number of rotatable bonds is 3. The molecular formula is C21H23N3O2S. The molecule has 0 fully saturated rings. The zero-order valence-electron chi connectivity index (χ0n) is 15.8. The van der Waals surface area contributed by atoms with Gasteiger partial charge in [0.1, 0.15) is 5.82 Å². The number of aromatic nitrogens is 2. The number of aryl methyl sites for hydroxylation is 1. The average molecular weight is 382 g/mol. The number of anilines is 1. The Morgan fingerprint density at radius 2 is 1.89 bits per heavy atom. The molecule has 0 radical (unpaired) electrons. The van der Waals surface area contributed by atoms with Crippen molar-refractivity contribution < 1.29 is 4.79 Å². The van der Waals surface area contributed by atoms with Gasteiger partial charge < -0.3 is 10.3 Å². The summed E-state index contributed by atoms with van der Waals surface area (Å²) in [5.74, 6) is 0.347. The Morgan fingerprint density at radius 3 is 2.59 bits per heavy atom. The van der Waals surface area contributed by atoms with Gasteiger partial charge in [0.2, 0.25) is 0 Å². The first-order valence-electron chi connectivity index (χ1n) is 9.34. The summed E-state index contributed by atoms with van der Waals surface area (Å²) >= 11 is 1.52. The maximum atomic E-state index is 13.0. The molecule has 0 amide bonds. The summed E-state index contributed by atoms with van der Waals surface area (Å²) in [6.07, 6.45) is 2.17. The number of benzene rings is 1. The molecular weight excluding hydrogens is 358 g/mol. The number of hydrogen-bond acceptors (Lipinski definition) is 5. The van der Waals surface area contributed by atoms with Gasteiger partial charge in [0, 0.05) is 28.9 Å². The number of H-pyrrole nitrogens is 1. The van der Waals surface area contributed by atoms with Crippen LogP contribution in [0.3, 0.4) is 0 Å². The molecule has 2 aromatic rings. The number of fused-ring (bicyclic) bond motifs is 1. The smallest absolute Gasteiger partial charge is 0.257 e. The van der Waals surface area contributed by atoms with Crippen molar-refractivity contribution in [3.63, 3.8) is 0 Å². The quantitative estimate of drug-likeness (QED) is 0.617. The van der Waals surface area contributed by atoms with Crippen LogP contribution in [0, 0.1) is 6.92 Å². The third-order valence-corrected chi connectivity index (χ3v) is 5.88. The molecule has 1 aromatic carbocycles. The predicted molar refractivity (Wildman–Crippen MR) is 108 cm³/mol. The highest BCUT2D eigenvalue weighted by Crippen LogP contribution is 2.43. The fourth-order valence-electron chi connectivity index (χ4n) is 3.81. The van der Waals surface area contributed by atoms with Crippen LogP contribution in [0.25, 0.3) is 0 Å². The Hall–Kier alpha value is -2.34. The molecule has 27 heavy (non-hydrogen) atoms. The Morgan fingerprint density at radius 1 is 1.15 bits per heavy atom. The third-order valence-electron chi connectivity index (χ3n) is 4.99. The molecule has 1 aliphatic carbocycles. The highest BCUT2D eigenvalue weighted by molar-refractivity contribution is 7.99. The van der Waals surface area contributed by atoms with E-state index in [9.17, 15) is 9.59 Å². The number of hydrogen-bond donors (Lipinski definition) is 2. The molecule has 0 spiro atoms. The largest absolute Gasteiger partial charge is 0.343 e. The van der Waals surface area contributed by atoms with Gasteiger partial charge in [-0.05, 0) is 25.3 Å². The van der Waals surface area contributed by atoms with Gasteiger partial charge in [-0.15, -0.1) is 0 Å². The first-order valence-corrected chi connectivity index (χ1v) is 10.2. The fraction of sp³-hybridized carbons (Fsp3) is 0.381. The number of Topliss-reactive ketones (excluding diaryl/α,β-unsaturated/α-hetero) is 1. The van der Waals surface area contributed by atoms with E-state index in [4.69, 9.17) is 0 Å². The molecule has 1 aliphatic heterocycles. The van der Waals surface area contributed by atoms with E-state index in [-0.39, 0.29) is 17.3 Å². The lowest BCUT2D eigenvalue weighted by Crippen LogP contribution is -2.32. The molecule has 1 unspecified atom stereocenters. The van der Waals surface area contributed by atoms with Crippen LogP contribution in [0.2, 0.25) is 0 Å². The van der Waals surface area contributed by atoms with Crippen molar-refractivity contribution in [1.82, 2.24) is 9.97 Å².